The fraction of sp³-hybridized carbons (Fsp3) is 0.533. The maximum absolute atomic E-state index is 5.58. The Balaban J connectivity index is 2.35. The van der Waals surface area contributed by atoms with Crippen LogP contribution in [0.25, 0.3) is 0 Å². The smallest absolute Gasteiger partial charge is 0.162 e. The van der Waals surface area contributed by atoms with Gasteiger partial charge in [0.15, 0.2) is 5.75 Å². The molecule has 2 aromatic heterocycles. The number of methoxy groups -OCH3 is 1. The van der Waals surface area contributed by atoms with E-state index in [0.717, 1.165) is 36.8 Å². The quantitative estimate of drug-likeness (QED) is 0.803. The summed E-state index contributed by atoms with van der Waals surface area (Å²) < 4.78 is 13.0. The molecule has 0 aliphatic carbocycles. The molecular formula is C15H24N4O2. The lowest BCUT2D eigenvalue weighted by atomic mass is 10.1. The number of nitrogens with zero attached hydrogens (tertiary/aromatic N) is 3. The molecule has 0 aromatic carbocycles. The molecule has 0 radical (unpaired) electrons. The van der Waals surface area contributed by atoms with Crippen LogP contribution in [0.4, 0.5) is 0 Å². The minimum Gasteiger partial charge on any atom is -0.493 e. The van der Waals surface area contributed by atoms with Crippen LogP contribution in [-0.4, -0.2) is 49.0 Å². The van der Waals surface area contributed by atoms with E-state index in [1.54, 1.807) is 19.6 Å². The molecule has 0 amide bonds. The summed E-state index contributed by atoms with van der Waals surface area (Å²) in [6, 6.07) is 3.80. The van der Waals surface area contributed by atoms with Crippen molar-refractivity contribution >= 4 is 0 Å². The van der Waals surface area contributed by atoms with E-state index in [1.807, 2.05) is 16.8 Å². The fourth-order valence-corrected chi connectivity index (χ4v) is 2.29. The van der Waals surface area contributed by atoms with Gasteiger partial charge in [-0.1, -0.05) is 6.92 Å². The van der Waals surface area contributed by atoms with E-state index in [1.165, 1.54) is 0 Å². The largest absolute Gasteiger partial charge is 0.493 e. The van der Waals surface area contributed by atoms with Crippen molar-refractivity contribution in [1.82, 2.24) is 20.0 Å². The van der Waals surface area contributed by atoms with Gasteiger partial charge < -0.3 is 19.4 Å². The van der Waals surface area contributed by atoms with E-state index < -0.39 is 0 Å². The van der Waals surface area contributed by atoms with Crippen LogP contribution >= 0.6 is 0 Å². The molecule has 0 saturated heterocycles. The molecule has 1 atom stereocenters. The van der Waals surface area contributed by atoms with Crippen LogP contribution in [-0.2, 0) is 6.54 Å². The minimum absolute atomic E-state index is 0.0652. The summed E-state index contributed by atoms with van der Waals surface area (Å²) in [7, 11) is 5.77. The third-order valence-electron chi connectivity index (χ3n) is 3.33. The van der Waals surface area contributed by atoms with Crippen molar-refractivity contribution in [2.75, 3.05) is 34.3 Å². The van der Waals surface area contributed by atoms with E-state index in [2.05, 4.69) is 36.3 Å². The summed E-state index contributed by atoms with van der Waals surface area (Å²) in [6.07, 6.45) is 3.45. The molecule has 2 aromatic rings. The van der Waals surface area contributed by atoms with Crippen molar-refractivity contribution in [3.8, 4) is 5.75 Å². The summed E-state index contributed by atoms with van der Waals surface area (Å²) >= 11 is 0. The third kappa shape index (κ3) is 3.65. The number of likely N-dealkylation sites (N-methyl/N-ethyl adjacent to an activating group) is 1. The van der Waals surface area contributed by atoms with Gasteiger partial charge in [-0.05, 0) is 32.8 Å². The zero-order valence-electron chi connectivity index (χ0n) is 13.2. The van der Waals surface area contributed by atoms with E-state index >= 15 is 0 Å². The molecule has 6 heteroatoms. The highest BCUT2D eigenvalue weighted by Crippen LogP contribution is 2.30. The summed E-state index contributed by atoms with van der Waals surface area (Å²) in [5.41, 5.74) is 0.996. The van der Waals surface area contributed by atoms with E-state index in [4.69, 9.17) is 9.15 Å². The van der Waals surface area contributed by atoms with Crippen LogP contribution in [0, 0.1) is 0 Å². The second-order valence-corrected chi connectivity index (χ2v) is 5.13. The maximum Gasteiger partial charge on any atom is 0.162 e. The molecule has 21 heavy (non-hydrogen) atoms. The second-order valence-electron chi connectivity index (χ2n) is 5.13. The number of rotatable bonds is 8. The van der Waals surface area contributed by atoms with Crippen LogP contribution in [0.1, 0.15) is 24.4 Å². The second kappa shape index (κ2) is 7.28. The molecule has 2 rings (SSSR count). The summed E-state index contributed by atoms with van der Waals surface area (Å²) in [4.78, 5) is 2.13. The van der Waals surface area contributed by atoms with Crippen molar-refractivity contribution in [3.63, 3.8) is 0 Å². The lowest BCUT2D eigenvalue weighted by Gasteiger charge is -2.19. The monoisotopic (exact) mass is 292 g/mol. The molecule has 1 unspecified atom stereocenters. The number of furan rings is 1. The highest BCUT2D eigenvalue weighted by molar-refractivity contribution is 5.33. The van der Waals surface area contributed by atoms with E-state index in [0.29, 0.717) is 0 Å². The molecule has 0 spiro atoms. The van der Waals surface area contributed by atoms with Crippen LogP contribution in [0.3, 0.4) is 0 Å². The van der Waals surface area contributed by atoms with Gasteiger partial charge in [-0.25, -0.2) is 0 Å². The van der Waals surface area contributed by atoms with Gasteiger partial charge in [-0.2, -0.15) is 5.10 Å². The highest BCUT2D eigenvalue weighted by atomic mass is 16.5. The first kappa shape index (κ1) is 15.6. The third-order valence-corrected chi connectivity index (χ3v) is 3.33. The fourth-order valence-electron chi connectivity index (χ4n) is 2.29. The van der Waals surface area contributed by atoms with Gasteiger partial charge in [0.2, 0.25) is 0 Å². The zero-order chi connectivity index (χ0) is 15.2. The Kier molecular flexibility index (Phi) is 5.41. The van der Waals surface area contributed by atoms with Gasteiger partial charge in [-0.3, -0.25) is 4.68 Å². The molecule has 0 aliphatic rings. The van der Waals surface area contributed by atoms with E-state index in [9.17, 15) is 0 Å². The molecular weight excluding hydrogens is 268 g/mol. The molecule has 0 fully saturated rings. The molecule has 1 N–H and O–H groups in total. The Labute approximate surface area is 125 Å². The minimum atomic E-state index is -0.0652. The predicted molar refractivity (Wildman–Crippen MR) is 81.6 cm³/mol. The van der Waals surface area contributed by atoms with Crippen LogP contribution in [0.2, 0.25) is 0 Å². The van der Waals surface area contributed by atoms with Gasteiger partial charge in [0.1, 0.15) is 17.5 Å². The van der Waals surface area contributed by atoms with Gasteiger partial charge in [0.25, 0.3) is 0 Å². The molecule has 116 valence electrons. The van der Waals surface area contributed by atoms with Crippen molar-refractivity contribution in [1.29, 1.82) is 0 Å². The number of nitrogens with one attached hydrogen (secondary N) is 1. The van der Waals surface area contributed by atoms with Crippen LogP contribution in [0.15, 0.2) is 29.0 Å². The first-order valence-corrected chi connectivity index (χ1v) is 7.18. The normalized spacial score (nSPS) is 12.8. The molecule has 6 nitrogen and oxygen atoms in total. The average molecular weight is 292 g/mol. The molecule has 0 aliphatic heterocycles. The Bertz CT molecular complexity index is 534. The van der Waals surface area contributed by atoms with Gasteiger partial charge >= 0.3 is 0 Å². The van der Waals surface area contributed by atoms with Crippen molar-refractivity contribution in [2.45, 2.75) is 19.5 Å². The number of aromatic nitrogens is 2. The van der Waals surface area contributed by atoms with Gasteiger partial charge in [-0.15, -0.1) is 0 Å². The molecule has 0 saturated carbocycles. The van der Waals surface area contributed by atoms with Crippen LogP contribution < -0.4 is 10.1 Å². The maximum atomic E-state index is 5.58. The SMILES string of the molecule is CCNC(c1ccco1)c1c(OC)cnn1CCN(C)C. The summed E-state index contributed by atoms with van der Waals surface area (Å²) in [5, 5.41) is 7.90. The number of ether oxygens (including phenoxy) is 1. The van der Waals surface area contributed by atoms with Crippen LogP contribution in [0.5, 0.6) is 5.75 Å². The Hall–Kier alpha value is -1.79. The number of hydrogen-bond donors (Lipinski definition) is 1. The number of hydrogen-bond acceptors (Lipinski definition) is 5. The summed E-state index contributed by atoms with van der Waals surface area (Å²) in [5.74, 6) is 1.64. The standard InChI is InChI=1S/C15H24N4O2/c1-5-16-14(12-7-6-10-21-12)15-13(20-4)11-17-19(15)9-8-18(2)3/h6-7,10-11,14,16H,5,8-9H2,1-4H3. The van der Waals surface area contributed by atoms with Crippen molar-refractivity contribution in [3.05, 3.63) is 36.0 Å². The zero-order valence-corrected chi connectivity index (χ0v) is 13.2. The lowest BCUT2D eigenvalue weighted by Crippen LogP contribution is -2.27. The topological polar surface area (TPSA) is 55.5 Å². The van der Waals surface area contributed by atoms with Crippen molar-refractivity contribution < 1.29 is 9.15 Å². The Morgan fingerprint density at radius 3 is 2.86 bits per heavy atom. The predicted octanol–water partition coefficient (Wildman–Crippen LogP) is 1.75. The summed E-state index contributed by atoms with van der Waals surface area (Å²) in [6.45, 7) is 4.61. The molecule has 0 bridgehead atoms. The highest BCUT2D eigenvalue weighted by Gasteiger charge is 2.25. The van der Waals surface area contributed by atoms with Gasteiger partial charge in [0, 0.05) is 6.54 Å². The van der Waals surface area contributed by atoms with Gasteiger partial charge in [0.05, 0.1) is 26.1 Å². The van der Waals surface area contributed by atoms with E-state index in [-0.39, 0.29) is 6.04 Å². The van der Waals surface area contributed by atoms with Crippen molar-refractivity contribution in [2.24, 2.45) is 0 Å². The lowest BCUT2D eigenvalue weighted by molar-refractivity contribution is 0.352. The first-order chi connectivity index (χ1) is 10.2. The Morgan fingerprint density at radius 1 is 1.48 bits per heavy atom. The Morgan fingerprint density at radius 2 is 2.29 bits per heavy atom. The molecule has 2 heterocycles. The first-order valence-electron chi connectivity index (χ1n) is 7.18. The average Bonchev–Trinajstić information content (AvgIpc) is 3.11.